The average Bonchev–Trinajstić information content (AvgIpc) is 3.09. The highest BCUT2D eigenvalue weighted by Crippen LogP contribution is 2.31. The first-order valence-corrected chi connectivity index (χ1v) is 9.33. The van der Waals surface area contributed by atoms with E-state index in [9.17, 15) is 4.79 Å². The number of carbonyl (C=O) groups is 1. The molecule has 1 amide bonds. The maximum Gasteiger partial charge on any atom is 0.237 e. The van der Waals surface area contributed by atoms with Crippen LogP contribution < -0.4 is 5.32 Å². The summed E-state index contributed by atoms with van der Waals surface area (Å²) in [6, 6.07) is 9.57. The van der Waals surface area contributed by atoms with Gasteiger partial charge in [0, 0.05) is 30.3 Å². The molecule has 0 radical (unpaired) electrons. The topological polar surface area (TPSA) is 48.1 Å². The fourth-order valence-electron chi connectivity index (χ4n) is 3.94. The Morgan fingerprint density at radius 1 is 1.25 bits per heavy atom. The number of H-pyrrole nitrogens is 1. The molecular weight excluding hydrogens is 298 g/mol. The molecule has 4 rings (SSSR count). The standard InChI is InChI=1S/C20H27N3O/c1-14(20(24)22-17-4-2-3-5-17)23(18-7-8-18)13-15-6-9-19-16(12-15)10-11-21-19/h6,9-12,14,17-18,21H,2-5,7-8,13H2,1H3,(H,22,24). The number of nitrogens with zero attached hydrogens (tertiary/aromatic N) is 1. The molecule has 1 heterocycles. The van der Waals surface area contributed by atoms with Crippen molar-refractivity contribution in [3.63, 3.8) is 0 Å². The molecule has 0 bridgehead atoms. The van der Waals surface area contributed by atoms with Gasteiger partial charge in [0.15, 0.2) is 0 Å². The second-order valence-corrected chi connectivity index (χ2v) is 7.47. The van der Waals surface area contributed by atoms with Crippen molar-refractivity contribution in [2.75, 3.05) is 0 Å². The number of aromatic nitrogens is 1. The second-order valence-electron chi connectivity index (χ2n) is 7.47. The van der Waals surface area contributed by atoms with Crippen LogP contribution in [0.3, 0.4) is 0 Å². The first kappa shape index (κ1) is 15.7. The van der Waals surface area contributed by atoms with Gasteiger partial charge in [-0.25, -0.2) is 0 Å². The third-order valence-electron chi connectivity index (χ3n) is 5.58. The van der Waals surface area contributed by atoms with Crippen molar-refractivity contribution in [1.29, 1.82) is 0 Å². The minimum atomic E-state index is -0.0555. The summed E-state index contributed by atoms with van der Waals surface area (Å²) in [5.74, 6) is 0.205. The average molecular weight is 325 g/mol. The number of aromatic amines is 1. The van der Waals surface area contributed by atoms with Crippen molar-refractivity contribution in [1.82, 2.24) is 15.2 Å². The minimum Gasteiger partial charge on any atom is -0.361 e. The third-order valence-corrected chi connectivity index (χ3v) is 5.58. The molecule has 1 aromatic carbocycles. The predicted molar refractivity (Wildman–Crippen MR) is 96.7 cm³/mol. The largest absolute Gasteiger partial charge is 0.361 e. The molecule has 128 valence electrons. The predicted octanol–water partition coefficient (Wildman–Crippen LogP) is 3.58. The molecule has 1 aromatic heterocycles. The molecule has 1 atom stereocenters. The van der Waals surface area contributed by atoms with Crippen LogP contribution in [0.4, 0.5) is 0 Å². The lowest BCUT2D eigenvalue weighted by Gasteiger charge is -2.29. The number of carbonyl (C=O) groups excluding carboxylic acids is 1. The summed E-state index contributed by atoms with van der Waals surface area (Å²) < 4.78 is 0. The van der Waals surface area contributed by atoms with Crippen LogP contribution in [-0.2, 0) is 11.3 Å². The van der Waals surface area contributed by atoms with E-state index in [-0.39, 0.29) is 11.9 Å². The molecule has 2 fully saturated rings. The molecule has 2 aromatic rings. The van der Waals surface area contributed by atoms with Gasteiger partial charge in [0.1, 0.15) is 0 Å². The van der Waals surface area contributed by atoms with Gasteiger partial charge in [-0.3, -0.25) is 9.69 Å². The van der Waals surface area contributed by atoms with Gasteiger partial charge in [0.25, 0.3) is 0 Å². The molecular formula is C20H27N3O. The Labute approximate surface area is 143 Å². The zero-order valence-electron chi connectivity index (χ0n) is 14.4. The molecule has 0 aliphatic heterocycles. The van der Waals surface area contributed by atoms with Crippen LogP contribution >= 0.6 is 0 Å². The van der Waals surface area contributed by atoms with E-state index in [2.05, 4.69) is 46.4 Å². The molecule has 2 aliphatic carbocycles. The lowest BCUT2D eigenvalue weighted by Crippen LogP contribution is -2.48. The Morgan fingerprint density at radius 3 is 2.79 bits per heavy atom. The second kappa shape index (κ2) is 6.60. The van der Waals surface area contributed by atoms with E-state index in [0.717, 1.165) is 19.4 Å². The Kier molecular flexibility index (Phi) is 4.31. The number of rotatable bonds is 6. The zero-order valence-corrected chi connectivity index (χ0v) is 14.4. The Hall–Kier alpha value is -1.81. The zero-order chi connectivity index (χ0) is 16.5. The Bertz CT molecular complexity index is 712. The lowest BCUT2D eigenvalue weighted by molar-refractivity contribution is -0.127. The molecule has 2 aliphatic rings. The molecule has 4 heteroatoms. The highest BCUT2D eigenvalue weighted by atomic mass is 16.2. The van der Waals surface area contributed by atoms with Crippen molar-refractivity contribution in [2.45, 2.75) is 70.1 Å². The molecule has 1 unspecified atom stereocenters. The summed E-state index contributed by atoms with van der Waals surface area (Å²) in [7, 11) is 0. The number of hydrogen-bond donors (Lipinski definition) is 2. The molecule has 2 N–H and O–H groups in total. The van der Waals surface area contributed by atoms with E-state index in [4.69, 9.17) is 0 Å². The van der Waals surface area contributed by atoms with Crippen LogP contribution in [0.1, 0.15) is 51.0 Å². The molecule has 0 spiro atoms. The first-order valence-electron chi connectivity index (χ1n) is 9.33. The quantitative estimate of drug-likeness (QED) is 0.853. The normalized spacial score (nSPS) is 19.9. The van der Waals surface area contributed by atoms with E-state index in [1.165, 1.54) is 42.1 Å². The minimum absolute atomic E-state index is 0.0555. The number of nitrogens with one attached hydrogen (secondary N) is 2. The first-order chi connectivity index (χ1) is 11.7. The van der Waals surface area contributed by atoms with E-state index in [0.29, 0.717) is 12.1 Å². The number of hydrogen-bond acceptors (Lipinski definition) is 2. The van der Waals surface area contributed by atoms with Crippen molar-refractivity contribution < 1.29 is 4.79 Å². The van der Waals surface area contributed by atoms with Crippen molar-refractivity contribution in [3.05, 3.63) is 36.0 Å². The van der Waals surface area contributed by atoms with Crippen LogP contribution in [0.2, 0.25) is 0 Å². The Morgan fingerprint density at radius 2 is 2.04 bits per heavy atom. The van der Waals surface area contributed by atoms with Gasteiger partial charge in [-0.15, -0.1) is 0 Å². The molecule has 24 heavy (non-hydrogen) atoms. The van der Waals surface area contributed by atoms with Crippen LogP contribution in [0.5, 0.6) is 0 Å². The van der Waals surface area contributed by atoms with Gasteiger partial charge in [0.2, 0.25) is 5.91 Å². The maximum atomic E-state index is 12.7. The van der Waals surface area contributed by atoms with Gasteiger partial charge in [-0.2, -0.15) is 0 Å². The maximum absolute atomic E-state index is 12.7. The summed E-state index contributed by atoms with van der Waals surface area (Å²) >= 11 is 0. The summed E-state index contributed by atoms with van der Waals surface area (Å²) in [6.07, 6.45) is 9.20. The van der Waals surface area contributed by atoms with E-state index in [1.54, 1.807) is 0 Å². The van der Waals surface area contributed by atoms with Gasteiger partial charge in [-0.1, -0.05) is 18.9 Å². The smallest absolute Gasteiger partial charge is 0.237 e. The summed E-state index contributed by atoms with van der Waals surface area (Å²) in [5, 5.41) is 4.51. The monoisotopic (exact) mass is 325 g/mol. The highest BCUT2D eigenvalue weighted by Gasteiger charge is 2.35. The van der Waals surface area contributed by atoms with Crippen LogP contribution in [-0.4, -0.2) is 33.9 Å². The molecule has 0 saturated heterocycles. The third kappa shape index (κ3) is 3.34. The summed E-state index contributed by atoms with van der Waals surface area (Å²) in [5.41, 5.74) is 2.46. The summed E-state index contributed by atoms with van der Waals surface area (Å²) in [6.45, 7) is 2.92. The van der Waals surface area contributed by atoms with Crippen molar-refractivity contribution in [3.8, 4) is 0 Å². The van der Waals surface area contributed by atoms with E-state index >= 15 is 0 Å². The number of amides is 1. The Balaban J connectivity index is 1.45. The van der Waals surface area contributed by atoms with Gasteiger partial charge < -0.3 is 10.3 Å². The number of fused-ring (bicyclic) bond motifs is 1. The van der Waals surface area contributed by atoms with Crippen molar-refractivity contribution in [2.24, 2.45) is 0 Å². The lowest BCUT2D eigenvalue weighted by atomic mass is 10.1. The van der Waals surface area contributed by atoms with Crippen LogP contribution in [0.25, 0.3) is 10.9 Å². The molecule has 2 saturated carbocycles. The summed E-state index contributed by atoms with van der Waals surface area (Å²) in [4.78, 5) is 18.3. The van der Waals surface area contributed by atoms with Crippen molar-refractivity contribution >= 4 is 16.8 Å². The molecule has 4 nitrogen and oxygen atoms in total. The number of benzene rings is 1. The van der Waals surface area contributed by atoms with Gasteiger partial charge >= 0.3 is 0 Å². The fraction of sp³-hybridized carbons (Fsp3) is 0.550. The SMILES string of the molecule is CC(C(=O)NC1CCCC1)N(Cc1ccc2[nH]ccc2c1)C1CC1. The van der Waals surface area contributed by atoms with Gasteiger partial charge in [-0.05, 0) is 61.8 Å². The van der Waals surface area contributed by atoms with Gasteiger partial charge in [0.05, 0.1) is 6.04 Å². The van der Waals surface area contributed by atoms with Crippen LogP contribution in [0.15, 0.2) is 30.5 Å². The highest BCUT2D eigenvalue weighted by molar-refractivity contribution is 5.82. The van der Waals surface area contributed by atoms with E-state index < -0.39 is 0 Å². The van der Waals surface area contributed by atoms with Crippen LogP contribution in [0, 0.1) is 0 Å². The fourth-order valence-corrected chi connectivity index (χ4v) is 3.94. The van der Waals surface area contributed by atoms with E-state index in [1.807, 2.05) is 6.20 Å².